The van der Waals surface area contributed by atoms with Gasteiger partial charge >= 0.3 is 24.6 Å². The molecule has 2 aromatic carbocycles. The number of anilines is 1. The fraction of sp³-hybridized carbons (Fsp3) is 0.278. The van der Waals surface area contributed by atoms with E-state index in [1.807, 2.05) is 5.32 Å². The smallest absolute Gasteiger partial charge is 0.435 e. The molecule has 0 aromatic heterocycles. The first-order valence-electron chi connectivity index (χ1n) is 8.51. The van der Waals surface area contributed by atoms with Gasteiger partial charge in [0.05, 0.1) is 17.7 Å². The molecule has 0 aliphatic rings. The Kier molecular flexibility index (Phi) is 7.60. The van der Waals surface area contributed by atoms with E-state index in [9.17, 15) is 49.2 Å². The van der Waals surface area contributed by atoms with Crippen LogP contribution >= 0.6 is 11.6 Å². The Morgan fingerprint density at radius 1 is 1.06 bits per heavy atom. The highest BCUT2D eigenvalue weighted by Gasteiger charge is 2.73. The lowest BCUT2D eigenvalue weighted by molar-refractivity contribution is -0.348. The molecule has 34 heavy (non-hydrogen) atoms. The summed E-state index contributed by atoms with van der Waals surface area (Å²) in [6, 6.07) is 2.86. The fourth-order valence-electron chi connectivity index (χ4n) is 2.75. The molecule has 2 aromatic rings. The van der Waals surface area contributed by atoms with Gasteiger partial charge in [-0.3, -0.25) is 4.79 Å². The van der Waals surface area contributed by atoms with Gasteiger partial charge in [0.25, 0.3) is 5.91 Å². The summed E-state index contributed by atoms with van der Waals surface area (Å²) in [5, 5.41) is 3.23. The third kappa shape index (κ3) is 4.98. The van der Waals surface area contributed by atoms with Crippen LogP contribution < -0.4 is 14.8 Å². The van der Waals surface area contributed by atoms with Crippen molar-refractivity contribution in [1.29, 1.82) is 0 Å². The third-order valence-electron chi connectivity index (χ3n) is 4.23. The Balaban J connectivity index is 2.68. The van der Waals surface area contributed by atoms with Gasteiger partial charge in [-0.05, 0) is 29.4 Å². The van der Waals surface area contributed by atoms with Gasteiger partial charge in [-0.15, -0.1) is 4.91 Å². The summed E-state index contributed by atoms with van der Waals surface area (Å²) < 4.78 is 127. The van der Waals surface area contributed by atoms with Crippen molar-refractivity contribution in [3.63, 3.8) is 0 Å². The van der Waals surface area contributed by atoms with Gasteiger partial charge < -0.3 is 14.8 Å². The van der Waals surface area contributed by atoms with Gasteiger partial charge in [0.1, 0.15) is 5.69 Å². The number of nitrogens with one attached hydrogen (secondary N) is 1. The molecule has 0 atom stereocenters. The normalized spacial score (nSPS) is 12.5. The molecule has 16 heteroatoms. The highest BCUT2D eigenvalue weighted by Crippen LogP contribution is 2.55. The summed E-state index contributed by atoms with van der Waals surface area (Å²) in [7, 11) is 1.03. The minimum absolute atomic E-state index is 0.156. The number of ether oxygens (including phenoxy) is 2. The number of nitrogens with zero attached hydrogens (tertiary/aromatic N) is 1. The number of alkyl halides is 9. The first-order valence-corrected chi connectivity index (χ1v) is 8.89. The second-order valence-electron chi connectivity index (χ2n) is 6.27. The van der Waals surface area contributed by atoms with Crippen LogP contribution in [0.4, 0.5) is 50.9 Å². The largest absolute Gasteiger partial charge is 0.494 e. The molecule has 0 radical (unpaired) electrons. The second-order valence-corrected chi connectivity index (χ2v) is 6.67. The van der Waals surface area contributed by atoms with Crippen molar-refractivity contribution < 1.29 is 53.8 Å². The van der Waals surface area contributed by atoms with Gasteiger partial charge in [0.2, 0.25) is 0 Å². The molecule has 0 fully saturated rings. The molecule has 0 heterocycles. The Bertz CT molecular complexity index is 1080. The molecule has 0 aliphatic heterocycles. The molecule has 0 spiro atoms. The van der Waals surface area contributed by atoms with Crippen LogP contribution in [0.25, 0.3) is 0 Å². The third-order valence-corrected chi connectivity index (χ3v) is 4.53. The lowest BCUT2D eigenvalue weighted by atomic mass is 9.93. The first kappa shape index (κ1) is 27.0. The molecule has 0 saturated heterocycles. The lowest BCUT2D eigenvalue weighted by Crippen LogP contribution is -2.50. The van der Waals surface area contributed by atoms with Crippen molar-refractivity contribution in [1.82, 2.24) is 0 Å². The van der Waals surface area contributed by atoms with Crippen LogP contribution in [0.15, 0.2) is 35.5 Å². The number of amides is 1. The quantitative estimate of drug-likeness (QED) is 0.316. The average Bonchev–Trinajstić information content (AvgIpc) is 2.72. The number of nitroso groups, excluding NO2 is 1. The lowest BCUT2D eigenvalue weighted by Gasteiger charge is -2.31. The van der Waals surface area contributed by atoms with E-state index in [0.29, 0.717) is 0 Å². The van der Waals surface area contributed by atoms with Crippen molar-refractivity contribution >= 4 is 28.9 Å². The highest BCUT2D eigenvalue weighted by atomic mass is 35.5. The number of hydrogen-bond donors (Lipinski definition) is 1. The Labute approximate surface area is 188 Å². The van der Waals surface area contributed by atoms with E-state index >= 15 is 0 Å². The number of rotatable bonds is 7. The Morgan fingerprint density at radius 3 is 2.12 bits per heavy atom. The molecule has 0 saturated carbocycles. The molecule has 0 unspecified atom stereocenters. The maximum Gasteiger partial charge on any atom is 0.435 e. The molecule has 1 amide bonds. The van der Waals surface area contributed by atoms with Gasteiger partial charge in [-0.25, -0.2) is 4.39 Å². The summed E-state index contributed by atoms with van der Waals surface area (Å²) in [6.45, 7) is -3.83. The molecule has 1 N–H and O–H groups in total. The summed E-state index contributed by atoms with van der Waals surface area (Å²) in [5.41, 5.74) is -10.1. The van der Waals surface area contributed by atoms with Crippen molar-refractivity contribution in [3.05, 3.63) is 51.4 Å². The van der Waals surface area contributed by atoms with Crippen LogP contribution in [0.1, 0.15) is 15.9 Å². The Hall–Kier alpha value is -3.23. The van der Waals surface area contributed by atoms with E-state index < -0.39 is 63.9 Å². The van der Waals surface area contributed by atoms with E-state index in [1.54, 1.807) is 0 Å². The molecular weight excluding hydrogens is 515 g/mol. The maximum atomic E-state index is 14.4. The summed E-state index contributed by atoms with van der Waals surface area (Å²) in [4.78, 5) is 23.4. The fourth-order valence-corrected chi connectivity index (χ4v) is 3.01. The molecule has 186 valence electrons. The van der Waals surface area contributed by atoms with E-state index in [2.05, 4.69) is 9.91 Å². The Morgan fingerprint density at radius 2 is 1.65 bits per heavy atom. The van der Waals surface area contributed by atoms with Crippen LogP contribution in [0.3, 0.4) is 0 Å². The molecular formula is C18H10ClF9N2O4. The van der Waals surface area contributed by atoms with Gasteiger partial charge in [0, 0.05) is 5.56 Å². The number of hydrogen-bond acceptors (Lipinski definition) is 5. The number of carbonyl (C=O) groups excluding carboxylic acids is 1. The van der Waals surface area contributed by atoms with Gasteiger partial charge in [-0.2, -0.15) is 35.1 Å². The zero-order valence-electron chi connectivity index (χ0n) is 16.3. The van der Waals surface area contributed by atoms with Crippen molar-refractivity contribution in [2.24, 2.45) is 5.18 Å². The van der Waals surface area contributed by atoms with Crippen LogP contribution in [-0.4, -0.2) is 32.0 Å². The standard InChI is InChI=1S/C18H10ClF9N2O4/c1-33-13-8(3-2-4-10(13)30-32)14(31)29-12-9(19)5-7(6-11(12)34-15(20)21)16(22,17(23,24)25)18(26,27)28/h2-6,15H,1H3,(H,29,31). The predicted molar refractivity (Wildman–Crippen MR) is 99.4 cm³/mol. The minimum Gasteiger partial charge on any atom is -0.494 e. The number of benzene rings is 2. The van der Waals surface area contributed by atoms with E-state index in [0.717, 1.165) is 25.3 Å². The second kappa shape index (κ2) is 9.56. The highest BCUT2D eigenvalue weighted by molar-refractivity contribution is 6.34. The van der Waals surface area contributed by atoms with Crippen LogP contribution in [0, 0.1) is 4.91 Å². The minimum atomic E-state index is -6.57. The molecule has 0 bridgehead atoms. The van der Waals surface area contributed by atoms with Crippen LogP contribution in [-0.2, 0) is 5.67 Å². The zero-order chi connectivity index (χ0) is 26.1. The number of halogens is 10. The van der Waals surface area contributed by atoms with E-state index in [1.165, 1.54) is 0 Å². The monoisotopic (exact) mass is 524 g/mol. The molecule has 0 aliphatic carbocycles. The topological polar surface area (TPSA) is 77.0 Å². The molecule has 6 nitrogen and oxygen atoms in total. The average molecular weight is 525 g/mol. The maximum absolute atomic E-state index is 14.4. The first-order chi connectivity index (χ1) is 15.6. The van der Waals surface area contributed by atoms with Crippen molar-refractivity contribution in [3.8, 4) is 11.5 Å². The summed E-state index contributed by atoms with van der Waals surface area (Å²) in [6.07, 6.45) is -13.1. The van der Waals surface area contributed by atoms with Gasteiger partial charge in [0.15, 0.2) is 17.2 Å². The predicted octanol–water partition coefficient (Wildman–Crippen LogP) is 6.89. The van der Waals surface area contributed by atoms with E-state index in [4.69, 9.17) is 16.3 Å². The molecule has 2 rings (SSSR count). The SMILES string of the molecule is COc1c(N=O)cccc1C(=O)Nc1c(Cl)cc(C(F)(C(F)(F)F)C(F)(F)F)cc1OC(F)F. The van der Waals surface area contributed by atoms with Crippen LogP contribution in [0.2, 0.25) is 5.02 Å². The summed E-state index contributed by atoms with van der Waals surface area (Å²) >= 11 is 5.65. The number of para-hydroxylation sites is 1. The summed E-state index contributed by atoms with van der Waals surface area (Å²) in [5.74, 6) is -3.18. The number of carbonyl (C=O) groups is 1. The van der Waals surface area contributed by atoms with Crippen LogP contribution in [0.5, 0.6) is 11.5 Å². The zero-order valence-corrected chi connectivity index (χ0v) is 17.1. The number of methoxy groups -OCH3 is 1. The van der Waals surface area contributed by atoms with Gasteiger partial charge in [-0.1, -0.05) is 17.7 Å². The van der Waals surface area contributed by atoms with E-state index in [-0.39, 0.29) is 17.8 Å². The van der Waals surface area contributed by atoms with Crippen molar-refractivity contribution in [2.75, 3.05) is 12.4 Å². The van der Waals surface area contributed by atoms with Crippen molar-refractivity contribution in [2.45, 2.75) is 24.6 Å².